The molecule has 5 nitrogen and oxygen atoms in total. The average molecular weight is 306 g/mol. The Kier molecular flexibility index (Phi) is 4.47. The molecule has 0 spiro atoms. The van der Waals surface area contributed by atoms with Crippen molar-refractivity contribution in [2.45, 2.75) is 13.8 Å². The van der Waals surface area contributed by atoms with Gasteiger partial charge in [-0.15, -0.1) is 0 Å². The monoisotopic (exact) mass is 306 g/mol. The molecule has 1 fully saturated rings. The molecule has 0 bridgehead atoms. The highest BCUT2D eigenvalue weighted by Gasteiger charge is 2.29. The summed E-state index contributed by atoms with van der Waals surface area (Å²) in [6, 6.07) is 3.72. The fourth-order valence-electron chi connectivity index (χ4n) is 2.17. The van der Waals surface area contributed by atoms with Gasteiger partial charge in [0, 0.05) is 6.54 Å². The summed E-state index contributed by atoms with van der Waals surface area (Å²) in [4.78, 5) is 13.7. The van der Waals surface area contributed by atoms with E-state index in [1.54, 1.807) is 20.3 Å². The van der Waals surface area contributed by atoms with Crippen LogP contribution in [0, 0.1) is 6.92 Å². The van der Waals surface area contributed by atoms with E-state index in [2.05, 4.69) is 5.32 Å². The number of hydrogen-bond acceptors (Lipinski definition) is 4. The zero-order valence-electron chi connectivity index (χ0n) is 12.5. The van der Waals surface area contributed by atoms with Gasteiger partial charge in [0.1, 0.15) is 5.70 Å². The third-order valence-corrected chi connectivity index (χ3v) is 3.67. The van der Waals surface area contributed by atoms with E-state index in [-0.39, 0.29) is 5.91 Å². The van der Waals surface area contributed by atoms with Crippen LogP contribution in [0.4, 0.5) is 0 Å². The molecule has 1 aliphatic heterocycles. The number of hydrogen-bond donors (Lipinski definition) is 1. The topological polar surface area (TPSA) is 50.8 Å². The number of carbonyl (C=O) groups excluding carboxylic acids is 1. The van der Waals surface area contributed by atoms with Crippen LogP contribution in [0.1, 0.15) is 18.1 Å². The molecule has 1 heterocycles. The number of rotatable bonds is 4. The molecule has 0 radical (unpaired) electrons. The first-order chi connectivity index (χ1) is 10.0. The van der Waals surface area contributed by atoms with E-state index in [4.69, 9.17) is 21.7 Å². The summed E-state index contributed by atoms with van der Waals surface area (Å²) in [5.41, 5.74) is 2.33. The maximum absolute atomic E-state index is 12.2. The van der Waals surface area contributed by atoms with Gasteiger partial charge in [-0.2, -0.15) is 0 Å². The highest BCUT2D eigenvalue weighted by molar-refractivity contribution is 7.80. The number of nitrogens with one attached hydrogen (secondary N) is 1. The molecule has 1 aliphatic rings. The first-order valence-electron chi connectivity index (χ1n) is 6.59. The normalized spacial score (nSPS) is 16.4. The van der Waals surface area contributed by atoms with Crippen molar-refractivity contribution in [1.82, 2.24) is 10.2 Å². The number of nitrogens with zero attached hydrogens (tertiary/aromatic N) is 1. The van der Waals surface area contributed by atoms with E-state index in [1.165, 1.54) is 4.90 Å². The summed E-state index contributed by atoms with van der Waals surface area (Å²) in [7, 11) is 3.17. The lowest BCUT2D eigenvalue weighted by atomic mass is 10.1. The molecule has 1 amide bonds. The van der Waals surface area contributed by atoms with Crippen LogP contribution < -0.4 is 14.8 Å². The Morgan fingerprint density at radius 1 is 1.29 bits per heavy atom. The molecule has 1 saturated heterocycles. The summed E-state index contributed by atoms with van der Waals surface area (Å²) in [5, 5.41) is 3.38. The summed E-state index contributed by atoms with van der Waals surface area (Å²) >= 11 is 5.14. The Morgan fingerprint density at radius 2 is 1.90 bits per heavy atom. The van der Waals surface area contributed by atoms with Crippen molar-refractivity contribution in [1.29, 1.82) is 0 Å². The molecule has 1 N–H and O–H groups in total. The van der Waals surface area contributed by atoms with Gasteiger partial charge in [0.2, 0.25) is 0 Å². The van der Waals surface area contributed by atoms with Crippen molar-refractivity contribution >= 4 is 29.3 Å². The van der Waals surface area contributed by atoms with Crippen LogP contribution >= 0.6 is 12.2 Å². The maximum atomic E-state index is 12.2. The van der Waals surface area contributed by atoms with Crippen molar-refractivity contribution in [2.75, 3.05) is 20.8 Å². The van der Waals surface area contributed by atoms with Crippen LogP contribution in [0.5, 0.6) is 11.5 Å². The van der Waals surface area contributed by atoms with Gasteiger partial charge in [-0.05, 0) is 55.4 Å². The van der Waals surface area contributed by atoms with Crippen molar-refractivity contribution < 1.29 is 14.3 Å². The van der Waals surface area contributed by atoms with Gasteiger partial charge in [-0.25, -0.2) is 0 Å². The second-order valence-corrected chi connectivity index (χ2v) is 4.99. The summed E-state index contributed by atoms with van der Waals surface area (Å²) < 4.78 is 10.5. The van der Waals surface area contributed by atoms with E-state index < -0.39 is 0 Å². The Morgan fingerprint density at radius 3 is 2.43 bits per heavy atom. The highest BCUT2D eigenvalue weighted by Crippen LogP contribution is 2.31. The van der Waals surface area contributed by atoms with Crippen molar-refractivity contribution in [3.8, 4) is 11.5 Å². The van der Waals surface area contributed by atoms with E-state index in [9.17, 15) is 4.79 Å². The lowest BCUT2D eigenvalue weighted by Gasteiger charge is -2.11. The van der Waals surface area contributed by atoms with Crippen molar-refractivity contribution in [2.24, 2.45) is 0 Å². The van der Waals surface area contributed by atoms with Gasteiger partial charge in [0.25, 0.3) is 5.91 Å². The largest absolute Gasteiger partial charge is 0.493 e. The zero-order valence-corrected chi connectivity index (χ0v) is 13.3. The number of aryl methyl sites for hydroxylation is 1. The summed E-state index contributed by atoms with van der Waals surface area (Å²) in [6.45, 7) is 4.38. The van der Waals surface area contributed by atoms with E-state index >= 15 is 0 Å². The number of benzene rings is 1. The average Bonchev–Trinajstić information content (AvgIpc) is 2.74. The first kappa shape index (κ1) is 15.3. The number of thiocarbonyl (C=S) groups is 1. The smallest absolute Gasteiger partial charge is 0.276 e. The predicted octanol–water partition coefficient (Wildman–Crippen LogP) is 2.09. The SMILES string of the molecule is CCN1C(=O)/C(=C/c2cc(OC)c(OC)cc2C)NC1=S. The van der Waals surface area contributed by atoms with Gasteiger partial charge in [0.15, 0.2) is 16.6 Å². The number of amides is 1. The lowest BCUT2D eigenvalue weighted by molar-refractivity contribution is -0.122. The number of ether oxygens (including phenoxy) is 2. The molecule has 21 heavy (non-hydrogen) atoms. The number of carbonyl (C=O) groups is 1. The van der Waals surface area contributed by atoms with Crippen LogP contribution in [-0.2, 0) is 4.79 Å². The minimum atomic E-state index is -0.114. The molecule has 0 atom stereocenters. The Balaban J connectivity index is 2.42. The molecule has 0 aromatic heterocycles. The van der Waals surface area contributed by atoms with Gasteiger partial charge >= 0.3 is 0 Å². The van der Waals surface area contributed by atoms with E-state index in [0.717, 1.165) is 11.1 Å². The molecule has 112 valence electrons. The third-order valence-electron chi connectivity index (χ3n) is 3.35. The van der Waals surface area contributed by atoms with Crippen LogP contribution in [-0.4, -0.2) is 36.7 Å². The molecule has 1 aromatic carbocycles. The first-order valence-corrected chi connectivity index (χ1v) is 6.99. The second kappa shape index (κ2) is 6.13. The molecule has 2 rings (SSSR count). The fraction of sp³-hybridized carbons (Fsp3) is 0.333. The molecule has 0 aliphatic carbocycles. The van der Waals surface area contributed by atoms with E-state index in [1.807, 2.05) is 26.0 Å². The standard InChI is InChI=1S/C15H18N2O3S/c1-5-17-14(18)11(16-15(17)21)7-10-8-13(20-4)12(19-3)6-9(10)2/h6-8H,5H2,1-4H3,(H,16,21)/b11-7-. The van der Waals surface area contributed by atoms with Crippen molar-refractivity contribution in [3.05, 3.63) is 29.0 Å². The van der Waals surface area contributed by atoms with Crippen LogP contribution in [0.15, 0.2) is 17.8 Å². The molecular weight excluding hydrogens is 288 g/mol. The van der Waals surface area contributed by atoms with Crippen LogP contribution in [0.25, 0.3) is 6.08 Å². The van der Waals surface area contributed by atoms with Crippen molar-refractivity contribution in [3.63, 3.8) is 0 Å². The maximum Gasteiger partial charge on any atom is 0.276 e. The quantitative estimate of drug-likeness (QED) is 0.682. The van der Waals surface area contributed by atoms with Gasteiger partial charge < -0.3 is 14.8 Å². The summed E-state index contributed by atoms with van der Waals surface area (Å²) in [6.07, 6.45) is 1.78. The number of likely N-dealkylation sites (N-methyl/N-ethyl adjacent to an activating group) is 1. The minimum absolute atomic E-state index is 0.114. The van der Waals surface area contributed by atoms with Crippen LogP contribution in [0.3, 0.4) is 0 Å². The predicted molar refractivity (Wildman–Crippen MR) is 85.4 cm³/mol. The molecule has 0 unspecified atom stereocenters. The second-order valence-electron chi connectivity index (χ2n) is 4.60. The molecular formula is C15H18N2O3S. The molecule has 0 saturated carbocycles. The van der Waals surface area contributed by atoms with Crippen LogP contribution in [0.2, 0.25) is 0 Å². The highest BCUT2D eigenvalue weighted by atomic mass is 32.1. The zero-order chi connectivity index (χ0) is 15.6. The fourth-order valence-corrected chi connectivity index (χ4v) is 2.49. The summed E-state index contributed by atoms with van der Waals surface area (Å²) in [5.74, 6) is 1.17. The Labute approximate surface area is 129 Å². The molecule has 6 heteroatoms. The van der Waals surface area contributed by atoms with Gasteiger partial charge in [0.05, 0.1) is 14.2 Å². The molecule has 1 aromatic rings. The number of methoxy groups -OCH3 is 2. The van der Waals surface area contributed by atoms with Gasteiger partial charge in [-0.3, -0.25) is 9.69 Å². The lowest BCUT2D eigenvalue weighted by Crippen LogP contribution is -2.30. The Bertz CT molecular complexity index is 626. The Hall–Kier alpha value is -2.08. The third kappa shape index (κ3) is 2.85. The minimum Gasteiger partial charge on any atom is -0.493 e. The van der Waals surface area contributed by atoms with E-state index in [0.29, 0.717) is 28.9 Å². The van der Waals surface area contributed by atoms with Gasteiger partial charge in [-0.1, -0.05) is 0 Å².